The van der Waals surface area contributed by atoms with Crippen LogP contribution in [0.5, 0.6) is 11.5 Å². The lowest BCUT2D eigenvalue weighted by atomic mass is 9.75. The number of rotatable bonds is 7. The van der Waals surface area contributed by atoms with Gasteiger partial charge >= 0.3 is 0 Å². The summed E-state index contributed by atoms with van der Waals surface area (Å²) in [6.07, 6.45) is 0.687. The number of aryl methyl sites for hydroxylation is 1. The summed E-state index contributed by atoms with van der Waals surface area (Å²) >= 11 is 0. The molecule has 2 aromatic carbocycles. The van der Waals surface area contributed by atoms with Crippen molar-refractivity contribution in [2.45, 2.75) is 45.7 Å². The summed E-state index contributed by atoms with van der Waals surface area (Å²) in [5.74, 6) is 2.05. The summed E-state index contributed by atoms with van der Waals surface area (Å²) in [4.78, 5) is 29.1. The van der Waals surface area contributed by atoms with Gasteiger partial charge in [0.1, 0.15) is 11.5 Å². The molecule has 1 aromatic heterocycles. The van der Waals surface area contributed by atoms with Gasteiger partial charge in [0.2, 0.25) is 5.91 Å². The van der Waals surface area contributed by atoms with Gasteiger partial charge in [0.15, 0.2) is 11.5 Å². The van der Waals surface area contributed by atoms with Crippen LogP contribution in [0.3, 0.4) is 0 Å². The number of furan rings is 1. The molecule has 182 valence electrons. The Kier molecular flexibility index (Phi) is 6.24. The Bertz CT molecular complexity index is 1260. The molecule has 2 amide bonds. The zero-order valence-electron chi connectivity index (χ0n) is 20.3. The SMILES string of the molecule is CCOc1cc2c(cc1OCC)C1C(C(=O)NCc3ccc(C)o3)c3ccccc3C(=O)N1CC2. The van der Waals surface area contributed by atoms with Gasteiger partial charge in [-0.15, -0.1) is 0 Å². The van der Waals surface area contributed by atoms with Crippen molar-refractivity contribution in [2.75, 3.05) is 19.8 Å². The van der Waals surface area contributed by atoms with E-state index in [0.717, 1.165) is 22.5 Å². The first-order valence-corrected chi connectivity index (χ1v) is 12.2. The number of hydrogen-bond donors (Lipinski definition) is 1. The minimum Gasteiger partial charge on any atom is -0.490 e. The molecular formula is C28H30N2O5. The highest BCUT2D eigenvalue weighted by Gasteiger charge is 2.46. The molecule has 35 heavy (non-hydrogen) atoms. The van der Waals surface area contributed by atoms with E-state index >= 15 is 0 Å². The van der Waals surface area contributed by atoms with Gasteiger partial charge in [-0.3, -0.25) is 9.59 Å². The van der Waals surface area contributed by atoms with Crippen LogP contribution in [-0.4, -0.2) is 36.5 Å². The Hall–Kier alpha value is -3.74. The summed E-state index contributed by atoms with van der Waals surface area (Å²) in [5, 5.41) is 3.05. The Morgan fingerprint density at radius 1 is 1.06 bits per heavy atom. The van der Waals surface area contributed by atoms with Crippen molar-refractivity contribution in [3.63, 3.8) is 0 Å². The minimum absolute atomic E-state index is 0.0474. The van der Waals surface area contributed by atoms with Crippen LogP contribution in [0.2, 0.25) is 0 Å². The molecule has 0 spiro atoms. The fourth-order valence-corrected chi connectivity index (χ4v) is 5.22. The molecule has 7 nitrogen and oxygen atoms in total. The predicted octanol–water partition coefficient (Wildman–Crippen LogP) is 4.54. The number of benzene rings is 2. The fraction of sp³-hybridized carbons (Fsp3) is 0.357. The average molecular weight is 475 g/mol. The zero-order valence-corrected chi connectivity index (χ0v) is 20.3. The molecule has 2 aliphatic rings. The lowest BCUT2D eigenvalue weighted by molar-refractivity contribution is -0.124. The van der Waals surface area contributed by atoms with Crippen LogP contribution < -0.4 is 14.8 Å². The summed E-state index contributed by atoms with van der Waals surface area (Å²) in [6.45, 7) is 7.57. The lowest BCUT2D eigenvalue weighted by Gasteiger charge is -2.45. The average Bonchev–Trinajstić information content (AvgIpc) is 3.28. The number of ether oxygens (including phenoxy) is 2. The molecule has 2 atom stereocenters. The van der Waals surface area contributed by atoms with Gasteiger partial charge in [0.05, 0.1) is 31.7 Å². The predicted molar refractivity (Wildman–Crippen MR) is 131 cm³/mol. The molecular weight excluding hydrogens is 444 g/mol. The Balaban J connectivity index is 1.58. The van der Waals surface area contributed by atoms with E-state index in [1.165, 1.54) is 0 Å². The zero-order chi connectivity index (χ0) is 24.5. The molecule has 0 radical (unpaired) electrons. The number of nitrogens with zero attached hydrogens (tertiary/aromatic N) is 1. The van der Waals surface area contributed by atoms with Crippen LogP contribution in [-0.2, 0) is 17.8 Å². The molecule has 0 aliphatic carbocycles. The van der Waals surface area contributed by atoms with Crippen LogP contribution in [0.1, 0.15) is 64.4 Å². The molecule has 2 unspecified atom stereocenters. The molecule has 1 N–H and O–H groups in total. The summed E-state index contributed by atoms with van der Waals surface area (Å²) in [5.41, 5.74) is 3.33. The largest absolute Gasteiger partial charge is 0.490 e. The van der Waals surface area contributed by atoms with Crippen molar-refractivity contribution >= 4 is 11.8 Å². The monoisotopic (exact) mass is 474 g/mol. The first kappa shape index (κ1) is 23.0. The van der Waals surface area contributed by atoms with Crippen LogP contribution in [0.4, 0.5) is 0 Å². The van der Waals surface area contributed by atoms with E-state index in [0.29, 0.717) is 49.0 Å². The lowest BCUT2D eigenvalue weighted by Crippen LogP contribution is -2.50. The minimum atomic E-state index is -0.563. The maximum Gasteiger partial charge on any atom is 0.254 e. The van der Waals surface area contributed by atoms with Crippen molar-refractivity contribution in [1.29, 1.82) is 0 Å². The molecule has 2 aliphatic heterocycles. The van der Waals surface area contributed by atoms with Gasteiger partial charge in [-0.05, 0) is 74.2 Å². The van der Waals surface area contributed by atoms with E-state index < -0.39 is 12.0 Å². The molecule has 0 bridgehead atoms. The number of carbonyl (C=O) groups is 2. The normalized spacial score (nSPS) is 18.4. The number of fused-ring (bicyclic) bond motifs is 4. The van der Waals surface area contributed by atoms with Gasteiger partial charge in [-0.2, -0.15) is 0 Å². The Morgan fingerprint density at radius 3 is 2.51 bits per heavy atom. The number of nitrogens with one attached hydrogen (secondary N) is 1. The van der Waals surface area contributed by atoms with E-state index in [9.17, 15) is 9.59 Å². The van der Waals surface area contributed by atoms with Gasteiger partial charge in [0, 0.05) is 12.1 Å². The topological polar surface area (TPSA) is 81.0 Å². The van der Waals surface area contributed by atoms with Crippen LogP contribution >= 0.6 is 0 Å². The van der Waals surface area contributed by atoms with Gasteiger partial charge in [-0.25, -0.2) is 0 Å². The number of carbonyl (C=O) groups excluding carboxylic acids is 2. The van der Waals surface area contributed by atoms with E-state index in [4.69, 9.17) is 13.9 Å². The van der Waals surface area contributed by atoms with Gasteiger partial charge in [-0.1, -0.05) is 18.2 Å². The standard InChI is InChI=1S/C28H30N2O5/c1-4-33-23-14-18-12-13-30-26(22(18)15-24(23)34-5-2)25(20-8-6-7-9-21(20)28(30)32)27(31)29-16-19-11-10-17(3)35-19/h6-11,14-15,25-26H,4-5,12-13,16H2,1-3H3,(H,29,31). The third kappa shape index (κ3) is 4.16. The van der Waals surface area contributed by atoms with E-state index in [1.807, 2.05) is 74.2 Å². The second-order valence-electron chi connectivity index (χ2n) is 8.85. The quantitative estimate of drug-likeness (QED) is 0.544. The first-order valence-electron chi connectivity index (χ1n) is 12.2. The van der Waals surface area contributed by atoms with Crippen molar-refractivity contribution in [3.05, 3.63) is 82.3 Å². The Morgan fingerprint density at radius 2 is 1.80 bits per heavy atom. The van der Waals surface area contributed by atoms with E-state index in [1.54, 1.807) is 0 Å². The second-order valence-corrected chi connectivity index (χ2v) is 8.85. The molecule has 3 heterocycles. The molecule has 5 rings (SSSR count). The second kappa shape index (κ2) is 9.49. The highest BCUT2D eigenvalue weighted by atomic mass is 16.5. The fourth-order valence-electron chi connectivity index (χ4n) is 5.22. The molecule has 0 fully saturated rings. The van der Waals surface area contributed by atoms with Crippen LogP contribution in [0.25, 0.3) is 0 Å². The maximum atomic E-state index is 13.7. The van der Waals surface area contributed by atoms with E-state index in [2.05, 4.69) is 5.32 Å². The Labute approximate surface area is 205 Å². The van der Waals surface area contributed by atoms with E-state index in [-0.39, 0.29) is 18.4 Å². The van der Waals surface area contributed by atoms with Gasteiger partial charge < -0.3 is 24.1 Å². The van der Waals surface area contributed by atoms with Crippen LogP contribution in [0.15, 0.2) is 52.9 Å². The van der Waals surface area contributed by atoms with Crippen molar-refractivity contribution in [3.8, 4) is 11.5 Å². The summed E-state index contributed by atoms with van der Waals surface area (Å²) in [6, 6.07) is 14.7. The number of hydrogen-bond acceptors (Lipinski definition) is 5. The molecule has 0 saturated carbocycles. The first-order chi connectivity index (χ1) is 17.0. The third-order valence-electron chi connectivity index (χ3n) is 6.70. The molecule has 0 saturated heterocycles. The smallest absolute Gasteiger partial charge is 0.254 e. The maximum absolute atomic E-state index is 13.7. The third-order valence-corrected chi connectivity index (χ3v) is 6.70. The molecule has 3 aromatic rings. The molecule has 7 heteroatoms. The highest BCUT2D eigenvalue weighted by molar-refractivity contribution is 6.01. The van der Waals surface area contributed by atoms with Crippen LogP contribution in [0, 0.1) is 6.92 Å². The van der Waals surface area contributed by atoms with Gasteiger partial charge in [0.25, 0.3) is 5.91 Å². The van der Waals surface area contributed by atoms with Crippen molar-refractivity contribution in [2.24, 2.45) is 0 Å². The highest BCUT2D eigenvalue weighted by Crippen LogP contribution is 2.48. The van der Waals surface area contributed by atoms with Crippen molar-refractivity contribution in [1.82, 2.24) is 10.2 Å². The van der Waals surface area contributed by atoms with Crippen molar-refractivity contribution < 1.29 is 23.5 Å². The number of amides is 2. The summed E-state index contributed by atoms with van der Waals surface area (Å²) < 4.78 is 17.4. The summed E-state index contributed by atoms with van der Waals surface area (Å²) in [7, 11) is 0.